The van der Waals surface area contributed by atoms with Gasteiger partial charge in [-0.15, -0.1) is 0 Å². The van der Waals surface area contributed by atoms with Crippen LogP contribution in [0.5, 0.6) is 0 Å². The molecule has 1 aromatic rings. The van der Waals surface area contributed by atoms with Crippen molar-refractivity contribution in [2.24, 2.45) is 5.92 Å². The molecule has 1 rings (SSSR count). The molecule has 0 aliphatic rings. The van der Waals surface area contributed by atoms with Crippen LogP contribution in [-0.2, 0) is 27.1 Å². The fourth-order valence-corrected chi connectivity index (χ4v) is 3.26. The van der Waals surface area contributed by atoms with E-state index in [2.05, 4.69) is 32.9 Å². The summed E-state index contributed by atoms with van der Waals surface area (Å²) in [6.07, 6.45) is 8.26. The van der Waals surface area contributed by atoms with E-state index in [-0.39, 0.29) is 12.1 Å². The van der Waals surface area contributed by atoms with Gasteiger partial charge in [-0.1, -0.05) is 77.1 Å². The van der Waals surface area contributed by atoms with E-state index in [1.165, 1.54) is 31.2 Å². The largest absolute Gasteiger partial charge is 0.436 e. The van der Waals surface area contributed by atoms with E-state index >= 15 is 0 Å². The molecule has 0 heterocycles. The van der Waals surface area contributed by atoms with Gasteiger partial charge in [-0.2, -0.15) is 0 Å². The van der Waals surface area contributed by atoms with Gasteiger partial charge in [-0.25, -0.2) is 0 Å². The molecule has 3 atom stereocenters. The third-order valence-electron chi connectivity index (χ3n) is 4.67. The Morgan fingerprint density at radius 1 is 0.923 bits per heavy atom. The molecule has 0 saturated heterocycles. The summed E-state index contributed by atoms with van der Waals surface area (Å²) >= 11 is 0. The summed E-state index contributed by atoms with van der Waals surface area (Å²) in [6, 6.07) is 8.37. The molecule has 148 valence electrons. The van der Waals surface area contributed by atoms with E-state index in [0.29, 0.717) is 12.3 Å². The van der Waals surface area contributed by atoms with Gasteiger partial charge in [-0.3, -0.25) is 4.79 Å². The molecular formula is C23H38O3. The molecule has 1 aromatic carbocycles. The Kier molecular flexibility index (Phi) is 11.3. The van der Waals surface area contributed by atoms with Gasteiger partial charge in [0.05, 0.1) is 12.5 Å². The number of esters is 1. The summed E-state index contributed by atoms with van der Waals surface area (Å²) in [6.45, 7) is 10.5. The van der Waals surface area contributed by atoms with Crippen LogP contribution in [0, 0.1) is 5.92 Å². The first kappa shape index (κ1) is 22.7. The number of hydrogen-bond acceptors (Lipinski definition) is 3. The van der Waals surface area contributed by atoms with Gasteiger partial charge in [0.2, 0.25) is 0 Å². The zero-order valence-corrected chi connectivity index (χ0v) is 17.4. The van der Waals surface area contributed by atoms with Crippen LogP contribution in [0.25, 0.3) is 0 Å². The number of carbonyl (C=O) groups is 1. The highest BCUT2D eigenvalue weighted by Crippen LogP contribution is 2.16. The standard InChI is InChI=1S/C23H38O3/c1-6-8-9-11-18(3)16-21-12-14-22(15-13-21)17-23(24)26-20(5)25-19(4)10-7-2/h12-15,18-20H,6-11,16-17H2,1-5H3. The molecule has 3 nitrogen and oxygen atoms in total. The van der Waals surface area contributed by atoms with E-state index in [1.807, 2.05) is 19.1 Å². The molecular weight excluding hydrogens is 324 g/mol. The maximum absolute atomic E-state index is 12.1. The molecule has 0 fully saturated rings. The smallest absolute Gasteiger partial charge is 0.312 e. The van der Waals surface area contributed by atoms with Crippen molar-refractivity contribution in [1.82, 2.24) is 0 Å². The van der Waals surface area contributed by atoms with E-state index in [0.717, 1.165) is 24.8 Å². The summed E-state index contributed by atoms with van der Waals surface area (Å²) in [5, 5.41) is 0. The number of hydrogen-bond donors (Lipinski definition) is 0. The second-order valence-electron chi connectivity index (χ2n) is 7.59. The lowest BCUT2D eigenvalue weighted by Crippen LogP contribution is -2.23. The highest BCUT2D eigenvalue weighted by atomic mass is 16.7. The van der Waals surface area contributed by atoms with Crippen LogP contribution in [0.1, 0.15) is 84.3 Å². The third-order valence-corrected chi connectivity index (χ3v) is 4.67. The van der Waals surface area contributed by atoms with Crippen molar-refractivity contribution < 1.29 is 14.3 Å². The molecule has 3 unspecified atom stereocenters. The fraction of sp³-hybridized carbons (Fsp3) is 0.696. The maximum atomic E-state index is 12.1. The summed E-state index contributed by atoms with van der Waals surface area (Å²) in [5.41, 5.74) is 2.34. The second-order valence-corrected chi connectivity index (χ2v) is 7.59. The highest BCUT2D eigenvalue weighted by molar-refractivity contribution is 5.72. The predicted octanol–water partition coefficient (Wildman–Crippen LogP) is 6.08. The third kappa shape index (κ3) is 9.96. The Morgan fingerprint density at radius 2 is 1.58 bits per heavy atom. The van der Waals surface area contributed by atoms with Crippen LogP contribution in [-0.4, -0.2) is 18.4 Å². The first-order valence-electron chi connectivity index (χ1n) is 10.4. The molecule has 0 radical (unpaired) electrons. The minimum atomic E-state index is -0.493. The van der Waals surface area contributed by atoms with Crippen LogP contribution >= 0.6 is 0 Å². The lowest BCUT2D eigenvalue weighted by molar-refractivity contribution is -0.182. The fourth-order valence-electron chi connectivity index (χ4n) is 3.26. The lowest BCUT2D eigenvalue weighted by Gasteiger charge is -2.19. The van der Waals surface area contributed by atoms with Crippen molar-refractivity contribution in [3.8, 4) is 0 Å². The number of unbranched alkanes of at least 4 members (excludes halogenated alkanes) is 2. The van der Waals surface area contributed by atoms with Crippen molar-refractivity contribution >= 4 is 5.97 Å². The van der Waals surface area contributed by atoms with E-state index in [4.69, 9.17) is 9.47 Å². The number of carbonyl (C=O) groups excluding carboxylic acids is 1. The molecule has 0 bridgehead atoms. The molecule has 3 heteroatoms. The Labute approximate surface area is 160 Å². The first-order valence-corrected chi connectivity index (χ1v) is 10.4. The lowest BCUT2D eigenvalue weighted by atomic mass is 9.95. The maximum Gasteiger partial charge on any atom is 0.312 e. The normalized spacial score (nSPS) is 14.7. The molecule has 0 N–H and O–H groups in total. The second kappa shape index (κ2) is 12.9. The van der Waals surface area contributed by atoms with E-state index < -0.39 is 6.29 Å². The van der Waals surface area contributed by atoms with Crippen LogP contribution in [0.3, 0.4) is 0 Å². The average Bonchev–Trinajstić information content (AvgIpc) is 2.56. The van der Waals surface area contributed by atoms with Gasteiger partial charge in [0, 0.05) is 0 Å². The Morgan fingerprint density at radius 3 is 2.19 bits per heavy atom. The molecule has 0 aliphatic carbocycles. The molecule has 0 aliphatic heterocycles. The van der Waals surface area contributed by atoms with Gasteiger partial charge in [0.25, 0.3) is 0 Å². The number of rotatable bonds is 13. The number of benzene rings is 1. The number of ether oxygens (including phenoxy) is 2. The van der Waals surface area contributed by atoms with Gasteiger partial charge in [0.1, 0.15) is 0 Å². The Hall–Kier alpha value is -1.35. The molecule has 0 spiro atoms. The summed E-state index contributed by atoms with van der Waals surface area (Å²) in [5.74, 6) is 0.474. The monoisotopic (exact) mass is 362 g/mol. The van der Waals surface area contributed by atoms with Gasteiger partial charge >= 0.3 is 5.97 Å². The highest BCUT2D eigenvalue weighted by Gasteiger charge is 2.13. The van der Waals surface area contributed by atoms with Gasteiger partial charge in [0.15, 0.2) is 6.29 Å². The molecule has 0 saturated carbocycles. The zero-order valence-electron chi connectivity index (χ0n) is 17.4. The van der Waals surface area contributed by atoms with Crippen molar-refractivity contribution in [3.63, 3.8) is 0 Å². The predicted molar refractivity (Wildman–Crippen MR) is 108 cm³/mol. The van der Waals surface area contributed by atoms with Crippen molar-refractivity contribution in [3.05, 3.63) is 35.4 Å². The molecule has 26 heavy (non-hydrogen) atoms. The van der Waals surface area contributed by atoms with Crippen LogP contribution < -0.4 is 0 Å². The SMILES string of the molecule is CCCCCC(C)Cc1ccc(CC(=O)OC(C)OC(C)CCC)cc1. The van der Waals surface area contributed by atoms with Crippen molar-refractivity contribution in [2.45, 2.75) is 98.4 Å². The van der Waals surface area contributed by atoms with E-state index in [9.17, 15) is 4.79 Å². The zero-order chi connectivity index (χ0) is 19.4. The van der Waals surface area contributed by atoms with Crippen LogP contribution in [0.15, 0.2) is 24.3 Å². The molecule has 0 amide bonds. The van der Waals surface area contributed by atoms with Gasteiger partial charge in [-0.05, 0) is 43.7 Å². The van der Waals surface area contributed by atoms with Crippen molar-refractivity contribution in [1.29, 1.82) is 0 Å². The van der Waals surface area contributed by atoms with Crippen molar-refractivity contribution in [2.75, 3.05) is 0 Å². The average molecular weight is 363 g/mol. The van der Waals surface area contributed by atoms with Crippen LogP contribution in [0.4, 0.5) is 0 Å². The quantitative estimate of drug-likeness (QED) is 0.242. The van der Waals surface area contributed by atoms with Crippen LogP contribution in [0.2, 0.25) is 0 Å². The minimum absolute atomic E-state index is 0.112. The Balaban J connectivity index is 2.37. The molecule has 0 aromatic heterocycles. The topological polar surface area (TPSA) is 35.5 Å². The summed E-state index contributed by atoms with van der Waals surface area (Å²) in [4.78, 5) is 12.1. The Bertz CT molecular complexity index is 495. The van der Waals surface area contributed by atoms with E-state index in [1.54, 1.807) is 6.92 Å². The first-order chi connectivity index (χ1) is 12.4. The summed E-state index contributed by atoms with van der Waals surface area (Å²) < 4.78 is 11.0. The minimum Gasteiger partial charge on any atom is -0.436 e. The summed E-state index contributed by atoms with van der Waals surface area (Å²) in [7, 11) is 0. The van der Waals surface area contributed by atoms with Gasteiger partial charge < -0.3 is 9.47 Å².